The van der Waals surface area contributed by atoms with Crippen LogP contribution in [-0.4, -0.2) is 35.6 Å². The van der Waals surface area contributed by atoms with E-state index in [0.29, 0.717) is 6.54 Å². The molecule has 1 amide bonds. The summed E-state index contributed by atoms with van der Waals surface area (Å²) in [6, 6.07) is 0. The quantitative estimate of drug-likeness (QED) is 0.617. The van der Waals surface area contributed by atoms with Gasteiger partial charge in [-0.2, -0.15) is 0 Å². The van der Waals surface area contributed by atoms with Crippen molar-refractivity contribution in [2.75, 3.05) is 13.6 Å². The Bertz CT molecular complexity index is 112. The fraction of sp³-hybridized carbons (Fsp3) is 0.857. The van der Waals surface area contributed by atoms with Gasteiger partial charge in [0.25, 0.3) is 5.91 Å². The average Bonchev–Trinajstić information content (AvgIpc) is 1.87. The second-order valence-corrected chi connectivity index (χ2v) is 2.44. The molecule has 0 aliphatic carbocycles. The van der Waals surface area contributed by atoms with E-state index in [1.807, 2.05) is 6.92 Å². The smallest absolute Gasteiger partial charge is 0.250 e. The monoisotopic (exact) mass is 145 g/mol. The normalized spacial score (nSPS) is 12.8. The van der Waals surface area contributed by atoms with Crippen LogP contribution >= 0.6 is 0 Å². The highest BCUT2D eigenvalue weighted by atomic mass is 16.3. The summed E-state index contributed by atoms with van der Waals surface area (Å²) in [5, 5.41) is 8.83. The van der Waals surface area contributed by atoms with Crippen LogP contribution in [0.4, 0.5) is 0 Å². The Morgan fingerprint density at radius 2 is 2.20 bits per heavy atom. The minimum Gasteiger partial charge on any atom is -0.384 e. The summed E-state index contributed by atoms with van der Waals surface area (Å²) in [6.07, 6.45) is 0.0612. The molecule has 0 aromatic rings. The van der Waals surface area contributed by atoms with Gasteiger partial charge in [0.05, 0.1) is 0 Å². The van der Waals surface area contributed by atoms with Crippen molar-refractivity contribution < 1.29 is 9.90 Å². The number of rotatable bonds is 3. The van der Waals surface area contributed by atoms with E-state index >= 15 is 0 Å². The molecule has 1 N–H and O–H groups in total. The van der Waals surface area contributed by atoms with E-state index in [4.69, 9.17) is 5.11 Å². The van der Waals surface area contributed by atoms with Crippen molar-refractivity contribution in [1.82, 2.24) is 4.90 Å². The van der Waals surface area contributed by atoms with Crippen molar-refractivity contribution in [3.05, 3.63) is 0 Å². The van der Waals surface area contributed by atoms with E-state index in [2.05, 4.69) is 0 Å². The SMILES string of the molecule is CCCN(C)C(=O)[C@H](C)O. The zero-order valence-electron chi connectivity index (χ0n) is 6.79. The van der Waals surface area contributed by atoms with Gasteiger partial charge in [-0.05, 0) is 13.3 Å². The number of hydrogen-bond donors (Lipinski definition) is 1. The molecule has 0 saturated carbocycles. The third-order valence-corrected chi connectivity index (χ3v) is 1.29. The molecule has 0 unspecified atom stereocenters. The highest BCUT2D eigenvalue weighted by Crippen LogP contribution is 1.91. The molecular weight excluding hydrogens is 130 g/mol. The van der Waals surface area contributed by atoms with Gasteiger partial charge in [0, 0.05) is 13.6 Å². The molecule has 3 heteroatoms. The number of amides is 1. The van der Waals surface area contributed by atoms with Gasteiger partial charge in [-0.25, -0.2) is 0 Å². The maximum atomic E-state index is 10.9. The lowest BCUT2D eigenvalue weighted by Gasteiger charge is -2.17. The first-order valence-corrected chi connectivity index (χ1v) is 3.52. The topological polar surface area (TPSA) is 40.5 Å². The largest absolute Gasteiger partial charge is 0.384 e. The summed E-state index contributed by atoms with van der Waals surface area (Å²) in [5.41, 5.74) is 0. The molecule has 0 spiro atoms. The third kappa shape index (κ3) is 2.82. The maximum Gasteiger partial charge on any atom is 0.250 e. The van der Waals surface area contributed by atoms with Gasteiger partial charge in [0.2, 0.25) is 0 Å². The van der Waals surface area contributed by atoms with Crippen LogP contribution in [0.3, 0.4) is 0 Å². The number of nitrogens with zero attached hydrogens (tertiary/aromatic N) is 1. The zero-order valence-corrected chi connectivity index (χ0v) is 6.79. The van der Waals surface area contributed by atoms with Crippen LogP contribution in [0.15, 0.2) is 0 Å². The fourth-order valence-corrected chi connectivity index (χ4v) is 0.765. The molecule has 0 saturated heterocycles. The van der Waals surface area contributed by atoms with Crippen LogP contribution in [0, 0.1) is 0 Å². The van der Waals surface area contributed by atoms with Crippen molar-refractivity contribution in [3.8, 4) is 0 Å². The van der Waals surface area contributed by atoms with E-state index in [0.717, 1.165) is 6.42 Å². The first kappa shape index (κ1) is 9.43. The van der Waals surface area contributed by atoms with Crippen LogP contribution in [0.5, 0.6) is 0 Å². The van der Waals surface area contributed by atoms with Gasteiger partial charge < -0.3 is 10.0 Å². The molecule has 0 fully saturated rings. The Hall–Kier alpha value is -0.570. The Morgan fingerprint density at radius 1 is 1.70 bits per heavy atom. The lowest BCUT2D eigenvalue weighted by atomic mass is 10.3. The van der Waals surface area contributed by atoms with Crippen molar-refractivity contribution in [2.45, 2.75) is 26.4 Å². The number of aliphatic hydroxyl groups excluding tert-OH is 1. The van der Waals surface area contributed by atoms with Crippen LogP contribution in [0.2, 0.25) is 0 Å². The lowest BCUT2D eigenvalue weighted by Crippen LogP contribution is -2.34. The number of likely N-dealkylation sites (N-methyl/N-ethyl adjacent to an activating group) is 1. The fourth-order valence-electron chi connectivity index (χ4n) is 0.765. The van der Waals surface area contributed by atoms with Gasteiger partial charge in [-0.1, -0.05) is 6.92 Å². The second kappa shape index (κ2) is 4.28. The second-order valence-electron chi connectivity index (χ2n) is 2.44. The minimum atomic E-state index is -0.864. The van der Waals surface area contributed by atoms with E-state index in [9.17, 15) is 4.79 Å². The first-order chi connectivity index (χ1) is 4.59. The highest BCUT2D eigenvalue weighted by Gasteiger charge is 2.12. The molecule has 1 atom stereocenters. The molecule has 0 bridgehead atoms. The molecular formula is C7H15NO2. The van der Waals surface area contributed by atoms with E-state index in [-0.39, 0.29) is 5.91 Å². The maximum absolute atomic E-state index is 10.9. The molecule has 0 aromatic carbocycles. The lowest BCUT2D eigenvalue weighted by molar-refractivity contribution is -0.137. The van der Waals surface area contributed by atoms with Crippen molar-refractivity contribution in [2.24, 2.45) is 0 Å². The first-order valence-electron chi connectivity index (χ1n) is 3.52. The standard InChI is InChI=1S/C7H15NO2/c1-4-5-8(3)7(10)6(2)9/h6,9H,4-5H2,1-3H3/t6-/m0/s1. The third-order valence-electron chi connectivity index (χ3n) is 1.29. The molecule has 10 heavy (non-hydrogen) atoms. The van der Waals surface area contributed by atoms with Crippen LogP contribution in [0.25, 0.3) is 0 Å². The summed E-state index contributed by atoms with van der Waals surface area (Å²) < 4.78 is 0. The molecule has 0 aliphatic heterocycles. The zero-order chi connectivity index (χ0) is 8.15. The molecule has 0 radical (unpaired) electrons. The van der Waals surface area contributed by atoms with Crippen LogP contribution in [-0.2, 0) is 4.79 Å². The van der Waals surface area contributed by atoms with E-state index in [1.54, 1.807) is 7.05 Å². The van der Waals surface area contributed by atoms with Gasteiger partial charge in [-0.3, -0.25) is 4.79 Å². The van der Waals surface area contributed by atoms with Crippen LogP contribution < -0.4 is 0 Å². The number of carbonyl (C=O) groups is 1. The van der Waals surface area contributed by atoms with Crippen LogP contribution in [0.1, 0.15) is 20.3 Å². The Balaban J connectivity index is 3.71. The van der Waals surface area contributed by atoms with E-state index in [1.165, 1.54) is 11.8 Å². The number of hydrogen-bond acceptors (Lipinski definition) is 2. The number of aliphatic hydroxyl groups is 1. The highest BCUT2D eigenvalue weighted by molar-refractivity contribution is 5.79. The summed E-state index contributed by atoms with van der Waals surface area (Å²) in [4.78, 5) is 12.4. The van der Waals surface area contributed by atoms with Gasteiger partial charge >= 0.3 is 0 Å². The van der Waals surface area contributed by atoms with E-state index < -0.39 is 6.10 Å². The Labute approximate surface area is 61.6 Å². The Morgan fingerprint density at radius 3 is 2.50 bits per heavy atom. The minimum absolute atomic E-state index is 0.207. The molecule has 0 rings (SSSR count). The molecule has 0 heterocycles. The van der Waals surface area contributed by atoms with Crippen molar-refractivity contribution in [1.29, 1.82) is 0 Å². The number of carbonyl (C=O) groups excluding carboxylic acids is 1. The summed E-state index contributed by atoms with van der Waals surface area (Å²) in [6.45, 7) is 4.18. The summed E-state index contributed by atoms with van der Waals surface area (Å²) in [5.74, 6) is -0.207. The molecule has 0 aromatic heterocycles. The molecule has 3 nitrogen and oxygen atoms in total. The Kier molecular flexibility index (Phi) is 4.03. The predicted molar refractivity (Wildman–Crippen MR) is 39.6 cm³/mol. The predicted octanol–water partition coefficient (Wildman–Crippen LogP) is 0.236. The van der Waals surface area contributed by atoms with Gasteiger partial charge in [-0.15, -0.1) is 0 Å². The van der Waals surface area contributed by atoms with Crippen molar-refractivity contribution >= 4 is 5.91 Å². The summed E-state index contributed by atoms with van der Waals surface area (Å²) in [7, 11) is 1.69. The van der Waals surface area contributed by atoms with Gasteiger partial charge in [0.15, 0.2) is 0 Å². The molecule has 0 aliphatic rings. The van der Waals surface area contributed by atoms with Crippen molar-refractivity contribution in [3.63, 3.8) is 0 Å². The average molecular weight is 145 g/mol. The summed E-state index contributed by atoms with van der Waals surface area (Å²) >= 11 is 0. The molecule has 60 valence electrons. The van der Waals surface area contributed by atoms with Gasteiger partial charge in [0.1, 0.15) is 6.10 Å².